The molecule has 1 atom stereocenters. The molecule has 0 radical (unpaired) electrons. The van der Waals surface area contributed by atoms with E-state index in [-0.39, 0.29) is 0 Å². The van der Waals surface area contributed by atoms with E-state index in [1.165, 1.54) is 19.3 Å². The SMILES string of the molecule is COc1cc(C)nc(N2CCCCC2CNC(C)C)n1. The van der Waals surface area contributed by atoms with Gasteiger partial charge in [-0.2, -0.15) is 4.98 Å². The molecular formula is C15H26N4O. The first-order valence-corrected chi connectivity index (χ1v) is 7.50. The van der Waals surface area contributed by atoms with Gasteiger partial charge < -0.3 is 15.0 Å². The quantitative estimate of drug-likeness (QED) is 0.894. The molecule has 20 heavy (non-hydrogen) atoms. The smallest absolute Gasteiger partial charge is 0.229 e. The Balaban J connectivity index is 2.16. The molecule has 112 valence electrons. The summed E-state index contributed by atoms with van der Waals surface area (Å²) in [4.78, 5) is 11.4. The molecule has 1 saturated heterocycles. The summed E-state index contributed by atoms with van der Waals surface area (Å²) < 4.78 is 5.27. The fourth-order valence-corrected chi connectivity index (χ4v) is 2.61. The van der Waals surface area contributed by atoms with Crippen LogP contribution >= 0.6 is 0 Å². The zero-order chi connectivity index (χ0) is 14.5. The topological polar surface area (TPSA) is 50.3 Å². The van der Waals surface area contributed by atoms with E-state index in [0.717, 1.165) is 24.7 Å². The van der Waals surface area contributed by atoms with Gasteiger partial charge in [0.15, 0.2) is 0 Å². The lowest BCUT2D eigenvalue weighted by atomic mass is 10.0. The van der Waals surface area contributed by atoms with Crippen molar-refractivity contribution in [2.45, 2.75) is 52.1 Å². The molecule has 0 amide bonds. The van der Waals surface area contributed by atoms with Crippen LogP contribution in [0.25, 0.3) is 0 Å². The summed E-state index contributed by atoms with van der Waals surface area (Å²) in [5.74, 6) is 1.45. The Morgan fingerprint density at radius 3 is 2.90 bits per heavy atom. The van der Waals surface area contributed by atoms with Crippen molar-refractivity contribution in [2.75, 3.05) is 25.1 Å². The van der Waals surface area contributed by atoms with Crippen molar-refractivity contribution in [3.8, 4) is 5.88 Å². The molecule has 5 heteroatoms. The molecule has 0 spiro atoms. The lowest BCUT2D eigenvalue weighted by molar-refractivity contribution is 0.389. The summed E-state index contributed by atoms with van der Waals surface area (Å²) in [5.41, 5.74) is 0.952. The third-order valence-corrected chi connectivity index (χ3v) is 3.67. The highest BCUT2D eigenvalue weighted by Gasteiger charge is 2.25. The van der Waals surface area contributed by atoms with Crippen molar-refractivity contribution < 1.29 is 4.74 Å². The standard InChI is InChI=1S/C15H26N4O/c1-11(2)16-10-13-7-5-6-8-19(13)15-17-12(3)9-14(18-15)20-4/h9,11,13,16H,5-8,10H2,1-4H3. The number of nitrogens with zero attached hydrogens (tertiary/aromatic N) is 3. The first-order chi connectivity index (χ1) is 9.60. The third kappa shape index (κ3) is 3.82. The minimum Gasteiger partial charge on any atom is -0.481 e. The van der Waals surface area contributed by atoms with E-state index in [0.29, 0.717) is 18.0 Å². The van der Waals surface area contributed by atoms with Gasteiger partial charge in [0, 0.05) is 36.9 Å². The molecule has 0 aliphatic carbocycles. The molecule has 1 aliphatic rings. The van der Waals surface area contributed by atoms with Gasteiger partial charge in [0.05, 0.1) is 7.11 Å². The number of ether oxygens (including phenoxy) is 1. The minimum atomic E-state index is 0.470. The zero-order valence-electron chi connectivity index (χ0n) is 13.0. The second kappa shape index (κ2) is 6.88. The largest absolute Gasteiger partial charge is 0.481 e. The summed E-state index contributed by atoms with van der Waals surface area (Å²) in [6.45, 7) is 8.35. The summed E-state index contributed by atoms with van der Waals surface area (Å²) >= 11 is 0. The number of aromatic nitrogens is 2. The van der Waals surface area contributed by atoms with E-state index < -0.39 is 0 Å². The lowest BCUT2D eigenvalue weighted by Crippen LogP contribution is -2.47. The monoisotopic (exact) mass is 278 g/mol. The molecular weight excluding hydrogens is 252 g/mol. The van der Waals surface area contributed by atoms with Crippen molar-refractivity contribution in [3.05, 3.63) is 11.8 Å². The number of piperidine rings is 1. The Kier molecular flexibility index (Phi) is 5.17. The second-order valence-electron chi connectivity index (χ2n) is 5.76. The number of hydrogen-bond donors (Lipinski definition) is 1. The van der Waals surface area contributed by atoms with Gasteiger partial charge in [0.2, 0.25) is 11.8 Å². The van der Waals surface area contributed by atoms with E-state index in [1.807, 2.05) is 13.0 Å². The molecule has 5 nitrogen and oxygen atoms in total. The summed E-state index contributed by atoms with van der Waals surface area (Å²) in [6.07, 6.45) is 3.68. The molecule has 1 N–H and O–H groups in total. The normalized spacial score (nSPS) is 19.4. The molecule has 0 saturated carbocycles. The summed E-state index contributed by atoms with van der Waals surface area (Å²) in [5, 5.41) is 3.53. The highest BCUT2D eigenvalue weighted by molar-refractivity contribution is 5.36. The summed E-state index contributed by atoms with van der Waals surface area (Å²) in [7, 11) is 1.65. The van der Waals surface area contributed by atoms with Crippen LogP contribution in [0.15, 0.2) is 6.07 Å². The van der Waals surface area contributed by atoms with Crippen LogP contribution in [-0.4, -0.2) is 42.3 Å². The number of nitrogens with one attached hydrogen (secondary N) is 1. The average Bonchev–Trinajstić information content (AvgIpc) is 2.44. The maximum absolute atomic E-state index is 5.27. The minimum absolute atomic E-state index is 0.470. The lowest BCUT2D eigenvalue weighted by Gasteiger charge is -2.36. The van der Waals surface area contributed by atoms with E-state index in [2.05, 4.69) is 34.0 Å². The molecule has 1 aromatic heterocycles. The predicted octanol–water partition coefficient (Wildman–Crippen LogP) is 2.15. The van der Waals surface area contributed by atoms with Gasteiger partial charge in [0.1, 0.15) is 0 Å². The van der Waals surface area contributed by atoms with Crippen molar-refractivity contribution in [2.24, 2.45) is 0 Å². The van der Waals surface area contributed by atoms with Crippen LogP contribution in [0.1, 0.15) is 38.8 Å². The van der Waals surface area contributed by atoms with Gasteiger partial charge in [-0.1, -0.05) is 13.8 Å². The molecule has 1 fully saturated rings. The highest BCUT2D eigenvalue weighted by Crippen LogP contribution is 2.23. The maximum atomic E-state index is 5.27. The maximum Gasteiger partial charge on any atom is 0.229 e. The van der Waals surface area contributed by atoms with E-state index in [9.17, 15) is 0 Å². The van der Waals surface area contributed by atoms with Gasteiger partial charge in [-0.05, 0) is 26.2 Å². The Bertz CT molecular complexity index is 436. The van der Waals surface area contributed by atoms with Crippen molar-refractivity contribution in [3.63, 3.8) is 0 Å². The number of hydrogen-bond acceptors (Lipinski definition) is 5. The van der Waals surface area contributed by atoms with Gasteiger partial charge in [0.25, 0.3) is 0 Å². The van der Waals surface area contributed by atoms with E-state index in [1.54, 1.807) is 7.11 Å². The van der Waals surface area contributed by atoms with Crippen molar-refractivity contribution >= 4 is 5.95 Å². The zero-order valence-corrected chi connectivity index (χ0v) is 13.0. The van der Waals surface area contributed by atoms with Gasteiger partial charge in [-0.15, -0.1) is 0 Å². The van der Waals surface area contributed by atoms with Crippen LogP contribution in [0.5, 0.6) is 5.88 Å². The second-order valence-corrected chi connectivity index (χ2v) is 5.76. The van der Waals surface area contributed by atoms with Crippen LogP contribution in [0.3, 0.4) is 0 Å². The van der Waals surface area contributed by atoms with Crippen LogP contribution in [0.2, 0.25) is 0 Å². The molecule has 1 unspecified atom stereocenters. The molecule has 2 rings (SSSR count). The Hall–Kier alpha value is -1.36. The molecule has 1 aromatic rings. The highest BCUT2D eigenvalue weighted by atomic mass is 16.5. The number of anilines is 1. The van der Waals surface area contributed by atoms with Crippen LogP contribution < -0.4 is 15.0 Å². The number of rotatable bonds is 5. The van der Waals surface area contributed by atoms with Gasteiger partial charge in [-0.25, -0.2) is 4.98 Å². The fourth-order valence-electron chi connectivity index (χ4n) is 2.61. The van der Waals surface area contributed by atoms with Crippen molar-refractivity contribution in [1.82, 2.24) is 15.3 Å². The Morgan fingerprint density at radius 1 is 1.40 bits per heavy atom. The number of aryl methyl sites for hydroxylation is 1. The van der Waals surface area contributed by atoms with Crippen LogP contribution in [0.4, 0.5) is 5.95 Å². The van der Waals surface area contributed by atoms with E-state index in [4.69, 9.17) is 4.74 Å². The van der Waals surface area contributed by atoms with Crippen LogP contribution in [-0.2, 0) is 0 Å². The molecule has 2 heterocycles. The van der Waals surface area contributed by atoms with E-state index >= 15 is 0 Å². The number of methoxy groups -OCH3 is 1. The van der Waals surface area contributed by atoms with Crippen molar-refractivity contribution in [1.29, 1.82) is 0 Å². The Morgan fingerprint density at radius 2 is 2.20 bits per heavy atom. The van der Waals surface area contributed by atoms with Gasteiger partial charge >= 0.3 is 0 Å². The fraction of sp³-hybridized carbons (Fsp3) is 0.733. The first-order valence-electron chi connectivity index (χ1n) is 7.50. The van der Waals surface area contributed by atoms with Gasteiger partial charge in [-0.3, -0.25) is 0 Å². The van der Waals surface area contributed by atoms with Crippen LogP contribution in [0, 0.1) is 6.92 Å². The molecule has 0 bridgehead atoms. The first kappa shape index (κ1) is 15.0. The average molecular weight is 278 g/mol. The predicted molar refractivity (Wildman–Crippen MR) is 81.4 cm³/mol. The third-order valence-electron chi connectivity index (χ3n) is 3.67. The Labute approximate surface area is 121 Å². The summed E-state index contributed by atoms with van der Waals surface area (Å²) in [6, 6.07) is 2.85. The molecule has 0 aromatic carbocycles. The molecule has 1 aliphatic heterocycles.